The van der Waals surface area contributed by atoms with E-state index >= 15 is 0 Å². The largest absolute Gasteiger partial charge is 0.299 e. The number of rotatable bonds is 3. The third-order valence-electron chi connectivity index (χ3n) is 5.34. The Labute approximate surface area is 105 Å². The van der Waals surface area contributed by atoms with Gasteiger partial charge in [-0.2, -0.15) is 5.26 Å². The average molecular weight is 232 g/mol. The first kappa shape index (κ1) is 11.5. The van der Waals surface area contributed by atoms with Gasteiger partial charge in [0.05, 0.1) is 12.1 Å². The zero-order chi connectivity index (χ0) is 12.0. The normalized spacial score (nSPS) is 44.9. The minimum atomic E-state index is 0.102. The fraction of sp³-hybridized carbons (Fsp3) is 0.933. The van der Waals surface area contributed by atoms with Crippen LogP contribution in [0.5, 0.6) is 0 Å². The first-order valence-corrected chi connectivity index (χ1v) is 7.33. The third kappa shape index (κ3) is 1.99. The summed E-state index contributed by atoms with van der Waals surface area (Å²) in [6, 6.07) is 3.08. The van der Waals surface area contributed by atoms with Gasteiger partial charge < -0.3 is 0 Å². The van der Waals surface area contributed by atoms with Crippen molar-refractivity contribution in [3.05, 3.63) is 0 Å². The number of nitriles is 1. The van der Waals surface area contributed by atoms with Crippen molar-refractivity contribution in [3.8, 4) is 6.07 Å². The molecule has 94 valence electrons. The van der Waals surface area contributed by atoms with Gasteiger partial charge >= 0.3 is 0 Å². The van der Waals surface area contributed by atoms with Crippen LogP contribution in [0.3, 0.4) is 0 Å². The minimum Gasteiger partial charge on any atom is -0.299 e. The Balaban J connectivity index is 1.76. The number of nitrogens with one attached hydrogen (secondary N) is 1. The summed E-state index contributed by atoms with van der Waals surface area (Å²) in [4.78, 5) is 0. The summed E-state index contributed by atoms with van der Waals surface area (Å²) in [5.41, 5.74) is 0. The molecule has 0 heterocycles. The van der Waals surface area contributed by atoms with Gasteiger partial charge in [-0.15, -0.1) is 0 Å². The maximum atomic E-state index is 9.45. The molecular weight excluding hydrogens is 208 g/mol. The molecule has 0 radical (unpaired) electrons. The molecule has 1 N–H and O–H groups in total. The highest BCUT2D eigenvalue weighted by atomic mass is 14.9. The molecule has 0 aromatic heterocycles. The highest BCUT2D eigenvalue weighted by molar-refractivity contribution is 5.07. The summed E-state index contributed by atoms with van der Waals surface area (Å²) in [5, 5.41) is 12.9. The molecule has 1 unspecified atom stereocenters. The van der Waals surface area contributed by atoms with Gasteiger partial charge in [-0.1, -0.05) is 0 Å². The Kier molecular flexibility index (Phi) is 2.91. The lowest BCUT2D eigenvalue weighted by molar-refractivity contribution is -0.0451. The lowest BCUT2D eigenvalue weighted by Crippen LogP contribution is -2.53. The monoisotopic (exact) mass is 232 g/mol. The number of hydrogen-bond donors (Lipinski definition) is 1. The molecule has 0 amide bonds. The molecule has 0 aliphatic heterocycles. The van der Waals surface area contributed by atoms with Crippen molar-refractivity contribution in [2.45, 2.75) is 58.0 Å². The predicted octanol–water partition coefficient (Wildman–Crippen LogP) is 2.95. The van der Waals surface area contributed by atoms with Crippen LogP contribution in [0.2, 0.25) is 0 Å². The van der Waals surface area contributed by atoms with E-state index in [0.29, 0.717) is 12.0 Å². The Morgan fingerprint density at radius 3 is 1.94 bits per heavy atom. The minimum absolute atomic E-state index is 0.102. The van der Waals surface area contributed by atoms with Gasteiger partial charge in [-0.25, -0.2) is 0 Å². The van der Waals surface area contributed by atoms with E-state index in [0.717, 1.165) is 23.7 Å². The van der Waals surface area contributed by atoms with Crippen molar-refractivity contribution >= 4 is 0 Å². The fourth-order valence-electron chi connectivity index (χ4n) is 5.11. The van der Waals surface area contributed by atoms with Crippen LogP contribution >= 0.6 is 0 Å². The van der Waals surface area contributed by atoms with E-state index in [-0.39, 0.29) is 6.04 Å². The molecule has 4 rings (SSSR count). The molecule has 1 atom stereocenters. The second-order valence-electron chi connectivity index (χ2n) is 6.94. The molecule has 4 saturated carbocycles. The number of hydrogen-bond acceptors (Lipinski definition) is 2. The van der Waals surface area contributed by atoms with Crippen LogP contribution in [-0.2, 0) is 0 Å². The lowest BCUT2D eigenvalue weighted by atomic mass is 9.50. The molecule has 2 nitrogen and oxygen atoms in total. The molecule has 0 spiro atoms. The molecule has 2 heteroatoms. The van der Waals surface area contributed by atoms with Crippen molar-refractivity contribution in [1.29, 1.82) is 5.26 Å². The summed E-state index contributed by atoms with van der Waals surface area (Å²) in [6.07, 6.45) is 7.14. The summed E-state index contributed by atoms with van der Waals surface area (Å²) in [7, 11) is 0. The van der Waals surface area contributed by atoms with E-state index in [1.807, 2.05) is 0 Å². The van der Waals surface area contributed by atoms with E-state index in [1.54, 1.807) is 0 Å². The SMILES string of the molecule is CC(C)NC(C#N)C1C2CC3CC(C2)CC1C3. The smallest absolute Gasteiger partial charge is 0.0988 e. The lowest BCUT2D eigenvalue weighted by Gasteiger charge is -2.55. The topological polar surface area (TPSA) is 35.8 Å². The molecule has 0 aromatic rings. The second-order valence-corrected chi connectivity index (χ2v) is 6.94. The zero-order valence-corrected chi connectivity index (χ0v) is 11.0. The van der Waals surface area contributed by atoms with Gasteiger partial charge in [0.1, 0.15) is 0 Å². The van der Waals surface area contributed by atoms with E-state index in [9.17, 15) is 5.26 Å². The standard InChI is InChI=1S/C15H24N2/c1-9(2)17-14(8-16)15-12-4-10-3-11(6-12)7-13(15)5-10/h9-15,17H,3-7H2,1-2H3. The van der Waals surface area contributed by atoms with Crippen LogP contribution in [-0.4, -0.2) is 12.1 Å². The van der Waals surface area contributed by atoms with E-state index in [4.69, 9.17) is 0 Å². The van der Waals surface area contributed by atoms with Crippen LogP contribution in [0.25, 0.3) is 0 Å². The van der Waals surface area contributed by atoms with Crippen LogP contribution < -0.4 is 5.32 Å². The van der Waals surface area contributed by atoms with Gasteiger partial charge in [-0.3, -0.25) is 5.32 Å². The molecule has 4 fully saturated rings. The quantitative estimate of drug-likeness (QED) is 0.812. The first-order valence-electron chi connectivity index (χ1n) is 7.33. The molecule has 4 bridgehead atoms. The summed E-state index contributed by atoms with van der Waals surface area (Å²) < 4.78 is 0. The van der Waals surface area contributed by atoms with Crippen LogP contribution in [0.1, 0.15) is 46.0 Å². The van der Waals surface area contributed by atoms with Crippen molar-refractivity contribution in [2.75, 3.05) is 0 Å². The van der Waals surface area contributed by atoms with Crippen molar-refractivity contribution in [2.24, 2.45) is 29.6 Å². The Morgan fingerprint density at radius 1 is 1.00 bits per heavy atom. The van der Waals surface area contributed by atoms with E-state index in [2.05, 4.69) is 25.2 Å². The predicted molar refractivity (Wildman–Crippen MR) is 68.2 cm³/mol. The van der Waals surface area contributed by atoms with Crippen LogP contribution in [0.15, 0.2) is 0 Å². The van der Waals surface area contributed by atoms with Crippen LogP contribution in [0, 0.1) is 40.9 Å². The van der Waals surface area contributed by atoms with Gasteiger partial charge in [0.25, 0.3) is 0 Å². The van der Waals surface area contributed by atoms with Crippen molar-refractivity contribution < 1.29 is 0 Å². The molecule has 0 saturated heterocycles. The number of nitrogens with zero attached hydrogens (tertiary/aromatic N) is 1. The summed E-state index contributed by atoms with van der Waals surface area (Å²) in [6.45, 7) is 4.31. The van der Waals surface area contributed by atoms with E-state index < -0.39 is 0 Å². The molecule has 4 aliphatic rings. The Bertz CT molecular complexity index is 300. The zero-order valence-electron chi connectivity index (χ0n) is 11.0. The fourth-order valence-corrected chi connectivity index (χ4v) is 5.11. The van der Waals surface area contributed by atoms with E-state index in [1.165, 1.54) is 32.1 Å². The highest BCUT2D eigenvalue weighted by Crippen LogP contribution is 2.57. The van der Waals surface area contributed by atoms with Gasteiger partial charge in [0.15, 0.2) is 0 Å². The maximum Gasteiger partial charge on any atom is 0.0988 e. The molecule has 0 aromatic carbocycles. The molecular formula is C15H24N2. The maximum absolute atomic E-state index is 9.45. The Hall–Kier alpha value is -0.550. The summed E-state index contributed by atoms with van der Waals surface area (Å²) >= 11 is 0. The van der Waals surface area contributed by atoms with Crippen molar-refractivity contribution in [1.82, 2.24) is 5.32 Å². The van der Waals surface area contributed by atoms with Gasteiger partial charge in [0, 0.05) is 6.04 Å². The van der Waals surface area contributed by atoms with Crippen molar-refractivity contribution in [3.63, 3.8) is 0 Å². The second kappa shape index (κ2) is 4.28. The van der Waals surface area contributed by atoms with Crippen LogP contribution in [0.4, 0.5) is 0 Å². The molecule has 4 aliphatic carbocycles. The van der Waals surface area contributed by atoms with Gasteiger partial charge in [-0.05, 0) is 75.5 Å². The third-order valence-corrected chi connectivity index (χ3v) is 5.34. The summed E-state index contributed by atoms with van der Waals surface area (Å²) in [5.74, 6) is 4.36. The van der Waals surface area contributed by atoms with Gasteiger partial charge in [0.2, 0.25) is 0 Å². The Morgan fingerprint density at radius 2 is 1.53 bits per heavy atom. The average Bonchev–Trinajstić information content (AvgIpc) is 2.25. The molecule has 17 heavy (non-hydrogen) atoms. The first-order chi connectivity index (χ1) is 8.17. The highest BCUT2D eigenvalue weighted by Gasteiger charge is 2.50.